The number of piperazine rings is 1. The highest BCUT2D eigenvalue weighted by Crippen LogP contribution is 2.32. The number of ether oxygens (including phenoxy) is 2. The van der Waals surface area contributed by atoms with Crippen LogP contribution in [0.4, 0.5) is 5.69 Å². The lowest BCUT2D eigenvalue weighted by Gasteiger charge is -2.36. The van der Waals surface area contributed by atoms with Crippen LogP contribution < -0.4 is 19.9 Å². The third kappa shape index (κ3) is 4.79. The van der Waals surface area contributed by atoms with Crippen LogP contribution in [0.1, 0.15) is 10.4 Å². The van der Waals surface area contributed by atoms with Crippen LogP contribution in [0.5, 0.6) is 11.5 Å². The highest BCUT2D eigenvalue weighted by molar-refractivity contribution is 6.42. The maximum Gasteiger partial charge on any atom is 0.261 e. The van der Waals surface area contributed by atoms with Gasteiger partial charge < -0.3 is 24.3 Å². The smallest absolute Gasteiger partial charge is 0.261 e. The highest BCUT2D eigenvalue weighted by Gasteiger charge is 2.24. The Bertz CT molecular complexity index is 1240. The maximum atomic E-state index is 13.0. The molecule has 0 unspecified atom stereocenters. The summed E-state index contributed by atoms with van der Waals surface area (Å²) in [7, 11) is 3.12. The molecule has 0 saturated carbocycles. The van der Waals surface area contributed by atoms with E-state index in [0.717, 1.165) is 5.69 Å². The Morgan fingerprint density at radius 1 is 0.909 bits per heavy atom. The first-order valence-corrected chi connectivity index (χ1v) is 11.1. The van der Waals surface area contributed by atoms with Crippen LogP contribution in [0.15, 0.2) is 53.3 Å². The van der Waals surface area contributed by atoms with Crippen molar-refractivity contribution >= 4 is 34.8 Å². The zero-order valence-electron chi connectivity index (χ0n) is 18.2. The SMILES string of the molecule is COc1ccc(OC)c(-c2ccc(C(=O)N3CCN(c4ccc(Cl)c(Cl)c4)CC3)c(=O)[nH]2)c1. The first-order chi connectivity index (χ1) is 15.9. The lowest BCUT2D eigenvalue weighted by atomic mass is 10.1. The molecule has 1 saturated heterocycles. The first-order valence-electron chi connectivity index (χ1n) is 10.4. The van der Waals surface area contributed by atoms with Gasteiger partial charge in [-0.05, 0) is 48.5 Å². The number of carbonyl (C=O) groups is 1. The Kier molecular flexibility index (Phi) is 6.81. The number of amides is 1. The molecule has 33 heavy (non-hydrogen) atoms. The van der Waals surface area contributed by atoms with Crippen LogP contribution in [-0.4, -0.2) is 56.2 Å². The number of hydrogen-bond donors (Lipinski definition) is 1. The molecule has 7 nitrogen and oxygen atoms in total. The number of nitrogens with one attached hydrogen (secondary N) is 1. The number of halogens is 2. The molecule has 0 aliphatic carbocycles. The minimum absolute atomic E-state index is 0.101. The summed E-state index contributed by atoms with van der Waals surface area (Å²) in [5.74, 6) is 0.921. The molecule has 0 radical (unpaired) electrons. The van der Waals surface area contributed by atoms with Gasteiger partial charge in [-0.15, -0.1) is 0 Å². The molecular weight excluding hydrogens is 465 g/mol. The Morgan fingerprint density at radius 2 is 1.67 bits per heavy atom. The van der Waals surface area contributed by atoms with Gasteiger partial charge in [-0.3, -0.25) is 9.59 Å². The van der Waals surface area contributed by atoms with Crippen LogP contribution in [0, 0.1) is 0 Å². The van der Waals surface area contributed by atoms with E-state index in [0.29, 0.717) is 59.0 Å². The summed E-state index contributed by atoms with van der Waals surface area (Å²) in [4.78, 5) is 32.5. The summed E-state index contributed by atoms with van der Waals surface area (Å²) < 4.78 is 10.7. The van der Waals surface area contributed by atoms with E-state index < -0.39 is 5.56 Å². The number of H-pyrrole nitrogens is 1. The second-order valence-electron chi connectivity index (χ2n) is 7.56. The Hall–Kier alpha value is -3.16. The van der Waals surface area contributed by atoms with Crippen LogP contribution in [0.25, 0.3) is 11.3 Å². The molecule has 1 aliphatic rings. The number of methoxy groups -OCH3 is 2. The fourth-order valence-corrected chi connectivity index (χ4v) is 4.14. The van der Waals surface area contributed by atoms with Gasteiger partial charge in [0, 0.05) is 37.4 Å². The zero-order valence-corrected chi connectivity index (χ0v) is 19.7. The standard InChI is InChI=1S/C24H23Cl2N3O4/c1-32-16-4-8-22(33-2)18(14-16)21-7-5-17(23(30)27-21)24(31)29-11-9-28(10-12-29)15-3-6-19(25)20(26)13-15/h3-8,13-14H,9-12H2,1-2H3,(H,27,30). The predicted octanol–water partition coefficient (Wildman–Crippen LogP) is 4.33. The second kappa shape index (κ2) is 9.77. The van der Waals surface area contributed by atoms with E-state index in [-0.39, 0.29) is 11.5 Å². The number of aromatic amines is 1. The molecule has 1 amide bonds. The Morgan fingerprint density at radius 3 is 2.30 bits per heavy atom. The molecule has 4 rings (SSSR count). The Balaban J connectivity index is 1.50. The van der Waals surface area contributed by atoms with Gasteiger partial charge in [-0.2, -0.15) is 0 Å². The van der Waals surface area contributed by atoms with Crippen molar-refractivity contribution in [1.82, 2.24) is 9.88 Å². The molecule has 1 aromatic heterocycles. The van der Waals surface area contributed by atoms with Crippen LogP contribution >= 0.6 is 23.2 Å². The lowest BCUT2D eigenvalue weighted by Crippen LogP contribution is -2.49. The molecule has 0 atom stereocenters. The normalized spacial score (nSPS) is 13.7. The monoisotopic (exact) mass is 487 g/mol. The maximum absolute atomic E-state index is 13.0. The number of nitrogens with zero attached hydrogens (tertiary/aromatic N) is 2. The largest absolute Gasteiger partial charge is 0.497 e. The van der Waals surface area contributed by atoms with E-state index >= 15 is 0 Å². The number of aromatic nitrogens is 1. The number of anilines is 1. The van der Waals surface area contributed by atoms with Crippen molar-refractivity contribution in [2.45, 2.75) is 0 Å². The van der Waals surface area contributed by atoms with Crippen LogP contribution in [-0.2, 0) is 0 Å². The fourth-order valence-electron chi connectivity index (χ4n) is 3.84. The van der Waals surface area contributed by atoms with Gasteiger partial charge in [0.2, 0.25) is 0 Å². The van der Waals surface area contributed by atoms with Crippen LogP contribution in [0.2, 0.25) is 10.0 Å². The zero-order chi connectivity index (χ0) is 23.5. The summed E-state index contributed by atoms with van der Waals surface area (Å²) >= 11 is 12.1. The third-order valence-corrected chi connectivity index (χ3v) is 6.41. The van der Waals surface area contributed by atoms with Crippen molar-refractivity contribution in [2.75, 3.05) is 45.3 Å². The molecular formula is C24H23Cl2N3O4. The minimum Gasteiger partial charge on any atom is -0.497 e. The van der Waals surface area contributed by atoms with E-state index in [9.17, 15) is 9.59 Å². The fraction of sp³-hybridized carbons (Fsp3) is 0.250. The topological polar surface area (TPSA) is 74.9 Å². The van der Waals surface area contributed by atoms with Crippen LogP contribution in [0.3, 0.4) is 0 Å². The van der Waals surface area contributed by atoms with Gasteiger partial charge in [0.25, 0.3) is 11.5 Å². The predicted molar refractivity (Wildman–Crippen MR) is 130 cm³/mol. The van der Waals surface area contributed by atoms with E-state index in [1.807, 2.05) is 12.1 Å². The van der Waals surface area contributed by atoms with E-state index in [4.69, 9.17) is 32.7 Å². The molecule has 1 fully saturated rings. The van der Waals surface area contributed by atoms with Crippen molar-refractivity contribution in [3.05, 3.63) is 74.5 Å². The van der Waals surface area contributed by atoms with E-state index in [1.54, 1.807) is 55.5 Å². The molecule has 0 bridgehead atoms. The average molecular weight is 488 g/mol. The second-order valence-corrected chi connectivity index (χ2v) is 8.37. The number of carbonyl (C=O) groups excluding carboxylic acids is 1. The van der Waals surface area contributed by atoms with Gasteiger partial charge >= 0.3 is 0 Å². The van der Waals surface area contributed by atoms with E-state index in [2.05, 4.69) is 9.88 Å². The van der Waals surface area contributed by atoms with Gasteiger partial charge in [0.1, 0.15) is 17.1 Å². The van der Waals surface area contributed by atoms with Gasteiger partial charge in [0.15, 0.2) is 0 Å². The quantitative estimate of drug-likeness (QED) is 0.579. The van der Waals surface area contributed by atoms with Crippen molar-refractivity contribution in [3.63, 3.8) is 0 Å². The number of benzene rings is 2. The summed E-state index contributed by atoms with van der Waals surface area (Å²) in [5.41, 5.74) is 1.81. The van der Waals surface area contributed by atoms with Crippen molar-refractivity contribution < 1.29 is 14.3 Å². The van der Waals surface area contributed by atoms with E-state index in [1.165, 1.54) is 0 Å². The summed E-state index contributed by atoms with van der Waals surface area (Å²) in [5, 5.41) is 0.996. The Labute approximate surface area is 201 Å². The van der Waals surface area contributed by atoms with Gasteiger partial charge in [-0.1, -0.05) is 23.2 Å². The first kappa shape index (κ1) is 23.0. The average Bonchev–Trinajstić information content (AvgIpc) is 2.85. The minimum atomic E-state index is -0.450. The molecule has 2 heterocycles. The van der Waals surface area contributed by atoms with Crippen molar-refractivity contribution in [2.24, 2.45) is 0 Å². The highest BCUT2D eigenvalue weighted by atomic mass is 35.5. The number of pyridine rings is 1. The van der Waals surface area contributed by atoms with Gasteiger partial charge in [0.05, 0.1) is 30.0 Å². The lowest BCUT2D eigenvalue weighted by molar-refractivity contribution is 0.0745. The molecule has 3 aromatic rings. The summed E-state index contributed by atoms with van der Waals surface area (Å²) in [6.45, 7) is 2.23. The number of rotatable bonds is 5. The molecule has 1 N–H and O–H groups in total. The third-order valence-electron chi connectivity index (χ3n) is 5.67. The number of hydrogen-bond acceptors (Lipinski definition) is 5. The summed E-state index contributed by atoms with van der Waals surface area (Å²) in [6.07, 6.45) is 0. The molecule has 2 aromatic carbocycles. The van der Waals surface area contributed by atoms with Crippen molar-refractivity contribution in [3.8, 4) is 22.8 Å². The van der Waals surface area contributed by atoms with Crippen molar-refractivity contribution in [1.29, 1.82) is 0 Å². The molecule has 9 heteroatoms. The molecule has 172 valence electrons. The molecule has 1 aliphatic heterocycles. The summed E-state index contributed by atoms with van der Waals surface area (Å²) in [6, 6.07) is 14.1. The van der Waals surface area contributed by atoms with Gasteiger partial charge in [-0.25, -0.2) is 0 Å². The molecule has 0 spiro atoms.